The van der Waals surface area contributed by atoms with Crippen molar-refractivity contribution < 1.29 is 0 Å². The number of benzene rings is 1. The van der Waals surface area contributed by atoms with Gasteiger partial charge in [0.2, 0.25) is 0 Å². The van der Waals surface area contributed by atoms with Crippen LogP contribution in [0, 0.1) is 5.92 Å². The molecule has 0 bridgehead atoms. The van der Waals surface area contributed by atoms with Crippen LogP contribution in [0.5, 0.6) is 0 Å². The number of rotatable bonds is 3. The Morgan fingerprint density at radius 2 is 2.00 bits per heavy atom. The lowest BCUT2D eigenvalue weighted by atomic mass is 9.93. The van der Waals surface area contributed by atoms with E-state index in [0.717, 1.165) is 24.2 Å². The van der Waals surface area contributed by atoms with Gasteiger partial charge in [0.15, 0.2) is 0 Å². The predicted molar refractivity (Wildman–Crippen MR) is 76.1 cm³/mol. The van der Waals surface area contributed by atoms with E-state index in [2.05, 4.69) is 11.0 Å². The molecule has 1 aromatic carbocycles. The van der Waals surface area contributed by atoms with Crippen LogP contribution in [-0.2, 0) is 0 Å². The van der Waals surface area contributed by atoms with Crippen molar-refractivity contribution in [3.8, 4) is 0 Å². The molecule has 0 aromatic heterocycles. The molecule has 4 heteroatoms. The fourth-order valence-corrected chi connectivity index (χ4v) is 3.64. The van der Waals surface area contributed by atoms with Gasteiger partial charge in [0.1, 0.15) is 0 Å². The molecule has 0 radical (unpaired) electrons. The predicted octanol–water partition coefficient (Wildman–Crippen LogP) is 3.48. The molecule has 2 nitrogen and oxygen atoms in total. The van der Waals surface area contributed by atoms with Crippen LogP contribution < -0.4 is 5.73 Å². The highest BCUT2D eigenvalue weighted by molar-refractivity contribution is 6.35. The summed E-state index contributed by atoms with van der Waals surface area (Å²) in [6.45, 7) is 1.88. The van der Waals surface area contributed by atoms with Gasteiger partial charge in [-0.2, -0.15) is 0 Å². The number of halogens is 2. The molecule has 1 aliphatic heterocycles. The Labute approximate surface area is 118 Å². The van der Waals surface area contributed by atoms with Gasteiger partial charge in [0.25, 0.3) is 0 Å². The lowest BCUT2D eigenvalue weighted by Crippen LogP contribution is -2.30. The van der Waals surface area contributed by atoms with Crippen LogP contribution in [0.2, 0.25) is 10.0 Å². The van der Waals surface area contributed by atoms with E-state index >= 15 is 0 Å². The van der Waals surface area contributed by atoms with Crippen molar-refractivity contribution in [3.05, 3.63) is 33.8 Å². The Bertz CT molecular complexity index is 445. The highest BCUT2D eigenvalue weighted by atomic mass is 35.5. The average molecular weight is 285 g/mol. The van der Waals surface area contributed by atoms with Gasteiger partial charge in [-0.1, -0.05) is 29.3 Å². The third-order valence-electron chi connectivity index (χ3n) is 4.16. The zero-order chi connectivity index (χ0) is 12.7. The highest BCUT2D eigenvalue weighted by Crippen LogP contribution is 2.45. The van der Waals surface area contributed by atoms with Gasteiger partial charge in [-0.05, 0) is 56.0 Å². The van der Waals surface area contributed by atoms with Gasteiger partial charge in [-0.15, -0.1) is 0 Å². The first kappa shape index (κ1) is 12.7. The molecular formula is C14H18Cl2N2. The second-order valence-corrected chi connectivity index (χ2v) is 6.21. The first-order chi connectivity index (χ1) is 8.70. The van der Waals surface area contributed by atoms with E-state index in [0.29, 0.717) is 17.0 Å². The van der Waals surface area contributed by atoms with Crippen LogP contribution in [0.4, 0.5) is 0 Å². The molecule has 1 aliphatic carbocycles. The van der Waals surface area contributed by atoms with Crippen LogP contribution in [0.15, 0.2) is 18.2 Å². The second kappa shape index (κ2) is 5.01. The molecule has 0 spiro atoms. The van der Waals surface area contributed by atoms with Crippen LogP contribution in [0.25, 0.3) is 0 Å². The molecule has 2 unspecified atom stereocenters. The number of likely N-dealkylation sites (tertiary alicyclic amines) is 1. The highest BCUT2D eigenvalue weighted by Gasteiger charge is 2.42. The summed E-state index contributed by atoms with van der Waals surface area (Å²) in [6, 6.07) is 6.97. The molecule has 2 fully saturated rings. The lowest BCUT2D eigenvalue weighted by molar-refractivity contribution is 0.220. The lowest BCUT2D eigenvalue weighted by Gasteiger charge is -2.29. The zero-order valence-corrected chi connectivity index (χ0v) is 11.8. The summed E-state index contributed by atoms with van der Waals surface area (Å²) in [7, 11) is 0. The molecule has 3 rings (SSSR count). The van der Waals surface area contributed by atoms with Crippen molar-refractivity contribution in [2.24, 2.45) is 11.7 Å². The number of hydrogen-bond acceptors (Lipinski definition) is 2. The van der Waals surface area contributed by atoms with E-state index in [1.165, 1.54) is 24.8 Å². The van der Waals surface area contributed by atoms with Crippen molar-refractivity contribution >= 4 is 23.2 Å². The Hall–Kier alpha value is -0.280. The van der Waals surface area contributed by atoms with Crippen molar-refractivity contribution in [1.29, 1.82) is 0 Å². The fourth-order valence-electron chi connectivity index (χ4n) is 3.12. The Morgan fingerprint density at radius 3 is 2.61 bits per heavy atom. The van der Waals surface area contributed by atoms with Crippen LogP contribution in [0.1, 0.15) is 30.9 Å². The average Bonchev–Trinajstić information content (AvgIpc) is 3.10. The monoisotopic (exact) mass is 284 g/mol. The molecule has 18 heavy (non-hydrogen) atoms. The third-order valence-corrected chi connectivity index (χ3v) is 4.72. The number of hydrogen-bond donors (Lipinski definition) is 1. The zero-order valence-electron chi connectivity index (χ0n) is 10.3. The van der Waals surface area contributed by atoms with E-state index in [1.807, 2.05) is 12.1 Å². The Balaban J connectivity index is 1.94. The SMILES string of the molecule is NCC1CCN(C2CC2)C1c1ccc(Cl)cc1Cl. The summed E-state index contributed by atoms with van der Waals surface area (Å²) in [5.41, 5.74) is 7.12. The van der Waals surface area contributed by atoms with Crippen molar-refractivity contribution in [2.75, 3.05) is 13.1 Å². The largest absolute Gasteiger partial charge is 0.330 e. The molecule has 1 aromatic rings. The summed E-state index contributed by atoms with van der Waals surface area (Å²) in [5, 5.41) is 1.47. The van der Waals surface area contributed by atoms with Gasteiger partial charge < -0.3 is 5.73 Å². The van der Waals surface area contributed by atoms with Crippen LogP contribution >= 0.6 is 23.2 Å². The maximum atomic E-state index is 6.37. The molecule has 0 amide bonds. The summed E-state index contributed by atoms with van der Waals surface area (Å²) in [6.07, 6.45) is 3.81. The van der Waals surface area contributed by atoms with Gasteiger partial charge in [-0.25, -0.2) is 0 Å². The topological polar surface area (TPSA) is 29.3 Å². The third kappa shape index (κ3) is 2.27. The summed E-state index contributed by atoms with van der Waals surface area (Å²) in [4.78, 5) is 2.59. The van der Waals surface area contributed by atoms with E-state index in [4.69, 9.17) is 28.9 Å². The van der Waals surface area contributed by atoms with Gasteiger partial charge in [0, 0.05) is 22.1 Å². The second-order valence-electron chi connectivity index (χ2n) is 5.36. The van der Waals surface area contributed by atoms with E-state index < -0.39 is 0 Å². The molecule has 2 N–H and O–H groups in total. The van der Waals surface area contributed by atoms with Gasteiger partial charge in [0.05, 0.1) is 0 Å². The quantitative estimate of drug-likeness (QED) is 0.921. The summed E-state index contributed by atoms with van der Waals surface area (Å²) in [5.74, 6) is 0.518. The minimum absolute atomic E-state index is 0.382. The number of nitrogens with two attached hydrogens (primary N) is 1. The van der Waals surface area contributed by atoms with E-state index in [1.54, 1.807) is 0 Å². The normalized spacial score (nSPS) is 28.8. The van der Waals surface area contributed by atoms with Crippen LogP contribution in [-0.4, -0.2) is 24.0 Å². The fraction of sp³-hybridized carbons (Fsp3) is 0.571. The molecule has 1 heterocycles. The summed E-state index contributed by atoms with van der Waals surface area (Å²) < 4.78 is 0. The van der Waals surface area contributed by atoms with Crippen molar-refractivity contribution in [1.82, 2.24) is 4.90 Å². The number of nitrogens with zero attached hydrogens (tertiary/aromatic N) is 1. The van der Waals surface area contributed by atoms with Crippen LogP contribution in [0.3, 0.4) is 0 Å². The Morgan fingerprint density at radius 1 is 1.22 bits per heavy atom. The molecule has 1 saturated carbocycles. The maximum absolute atomic E-state index is 6.37. The molecular weight excluding hydrogens is 267 g/mol. The minimum Gasteiger partial charge on any atom is -0.330 e. The smallest absolute Gasteiger partial charge is 0.0468 e. The van der Waals surface area contributed by atoms with E-state index in [9.17, 15) is 0 Å². The summed E-state index contributed by atoms with van der Waals surface area (Å²) >= 11 is 12.4. The van der Waals surface area contributed by atoms with Crippen molar-refractivity contribution in [2.45, 2.75) is 31.3 Å². The molecule has 2 atom stereocenters. The Kier molecular flexibility index (Phi) is 3.55. The molecule has 2 aliphatic rings. The molecule has 98 valence electrons. The first-order valence-electron chi connectivity index (χ1n) is 6.61. The maximum Gasteiger partial charge on any atom is 0.0468 e. The minimum atomic E-state index is 0.382. The van der Waals surface area contributed by atoms with E-state index in [-0.39, 0.29) is 0 Å². The molecule has 1 saturated heterocycles. The standard InChI is InChI=1S/C14H18Cl2N2/c15-10-1-4-12(13(16)7-10)14-9(8-17)5-6-18(14)11-2-3-11/h1,4,7,9,11,14H,2-3,5-6,8,17H2. The first-order valence-corrected chi connectivity index (χ1v) is 7.37. The van der Waals surface area contributed by atoms with Gasteiger partial charge in [-0.3, -0.25) is 4.90 Å². The van der Waals surface area contributed by atoms with Gasteiger partial charge >= 0.3 is 0 Å². The van der Waals surface area contributed by atoms with Crippen molar-refractivity contribution in [3.63, 3.8) is 0 Å².